The third kappa shape index (κ3) is 1.46. The van der Waals surface area contributed by atoms with Crippen molar-refractivity contribution in [3.63, 3.8) is 0 Å². The maximum Gasteiger partial charge on any atom is 0.338 e. The molecule has 74 valence electrons. The minimum Gasteiger partial charge on any atom is -0.457 e. The summed E-state index contributed by atoms with van der Waals surface area (Å²) in [6.07, 6.45) is 5.79. The highest BCUT2D eigenvalue weighted by Crippen LogP contribution is 2.43. The summed E-state index contributed by atoms with van der Waals surface area (Å²) in [5.74, 6) is -0.436. The SMILES string of the molecule is CC1(O)CC2(CCCCC2)OC1=O. The first-order chi connectivity index (χ1) is 6.04. The molecule has 0 aromatic rings. The second-order valence-corrected chi connectivity index (χ2v) is 4.58. The van der Waals surface area contributed by atoms with Crippen molar-refractivity contribution in [3.05, 3.63) is 0 Å². The lowest BCUT2D eigenvalue weighted by molar-refractivity contribution is -0.159. The van der Waals surface area contributed by atoms with E-state index in [2.05, 4.69) is 0 Å². The van der Waals surface area contributed by atoms with Crippen LogP contribution in [0.25, 0.3) is 0 Å². The third-order valence-electron chi connectivity index (χ3n) is 3.18. The molecule has 0 aromatic carbocycles. The summed E-state index contributed by atoms with van der Waals surface area (Å²) in [5, 5.41) is 9.71. The highest BCUT2D eigenvalue weighted by molar-refractivity contribution is 5.81. The number of ether oxygens (including phenoxy) is 1. The molecule has 2 fully saturated rings. The van der Waals surface area contributed by atoms with E-state index in [4.69, 9.17) is 4.74 Å². The molecule has 0 aromatic heterocycles. The topological polar surface area (TPSA) is 46.5 Å². The largest absolute Gasteiger partial charge is 0.457 e. The molecule has 2 rings (SSSR count). The maximum atomic E-state index is 11.3. The Bertz CT molecular complexity index is 226. The summed E-state index contributed by atoms with van der Waals surface area (Å²) >= 11 is 0. The van der Waals surface area contributed by atoms with Gasteiger partial charge in [-0.2, -0.15) is 0 Å². The van der Waals surface area contributed by atoms with E-state index in [1.807, 2.05) is 0 Å². The van der Waals surface area contributed by atoms with Gasteiger partial charge in [-0.3, -0.25) is 0 Å². The summed E-state index contributed by atoms with van der Waals surface area (Å²) in [7, 11) is 0. The maximum absolute atomic E-state index is 11.3. The summed E-state index contributed by atoms with van der Waals surface area (Å²) in [6, 6.07) is 0. The molecule has 1 saturated carbocycles. The van der Waals surface area contributed by atoms with E-state index < -0.39 is 11.6 Å². The standard InChI is InChI=1S/C10H16O3/c1-9(12)7-10(13-8(9)11)5-3-2-4-6-10/h12H,2-7H2,1H3. The van der Waals surface area contributed by atoms with E-state index >= 15 is 0 Å². The molecule has 1 heterocycles. The molecule has 0 amide bonds. The lowest BCUT2D eigenvalue weighted by Crippen LogP contribution is -2.33. The van der Waals surface area contributed by atoms with Crippen molar-refractivity contribution in [2.75, 3.05) is 0 Å². The van der Waals surface area contributed by atoms with Gasteiger partial charge >= 0.3 is 5.97 Å². The number of hydrogen-bond donors (Lipinski definition) is 1. The number of hydrogen-bond acceptors (Lipinski definition) is 3. The molecular weight excluding hydrogens is 168 g/mol. The van der Waals surface area contributed by atoms with Gasteiger partial charge in [0.2, 0.25) is 0 Å². The molecule has 1 unspecified atom stereocenters. The Hall–Kier alpha value is -0.570. The van der Waals surface area contributed by atoms with Crippen LogP contribution >= 0.6 is 0 Å². The Kier molecular flexibility index (Phi) is 1.88. The molecule has 1 aliphatic carbocycles. The van der Waals surface area contributed by atoms with E-state index in [-0.39, 0.29) is 5.60 Å². The van der Waals surface area contributed by atoms with E-state index in [9.17, 15) is 9.90 Å². The first-order valence-corrected chi connectivity index (χ1v) is 5.00. The first-order valence-electron chi connectivity index (χ1n) is 5.00. The zero-order valence-electron chi connectivity index (χ0n) is 8.01. The minimum atomic E-state index is -1.24. The fourth-order valence-electron chi connectivity index (χ4n) is 2.52. The van der Waals surface area contributed by atoms with Crippen molar-refractivity contribution >= 4 is 5.97 Å². The fourth-order valence-corrected chi connectivity index (χ4v) is 2.52. The molecule has 13 heavy (non-hydrogen) atoms. The summed E-state index contributed by atoms with van der Waals surface area (Å²) < 4.78 is 5.32. The van der Waals surface area contributed by atoms with Gasteiger partial charge in [0.15, 0.2) is 5.60 Å². The quantitative estimate of drug-likeness (QED) is 0.579. The number of aliphatic hydroxyl groups is 1. The molecule has 0 radical (unpaired) electrons. The van der Waals surface area contributed by atoms with Gasteiger partial charge in [0.05, 0.1) is 0 Å². The molecule has 1 aliphatic heterocycles. The van der Waals surface area contributed by atoms with Gasteiger partial charge in [-0.05, 0) is 32.6 Å². The van der Waals surface area contributed by atoms with E-state index in [1.54, 1.807) is 6.92 Å². The Morgan fingerprint density at radius 1 is 1.31 bits per heavy atom. The average molecular weight is 184 g/mol. The van der Waals surface area contributed by atoms with Crippen LogP contribution in [-0.2, 0) is 9.53 Å². The van der Waals surface area contributed by atoms with E-state index in [0.29, 0.717) is 6.42 Å². The summed E-state index contributed by atoms with van der Waals surface area (Å²) in [6.45, 7) is 1.55. The monoisotopic (exact) mass is 184 g/mol. The van der Waals surface area contributed by atoms with Crippen molar-refractivity contribution in [2.45, 2.75) is 56.7 Å². The van der Waals surface area contributed by atoms with Gasteiger partial charge in [0.25, 0.3) is 0 Å². The van der Waals surface area contributed by atoms with Crippen molar-refractivity contribution in [3.8, 4) is 0 Å². The van der Waals surface area contributed by atoms with Gasteiger partial charge in [-0.1, -0.05) is 6.42 Å². The predicted molar refractivity (Wildman–Crippen MR) is 47.1 cm³/mol. The zero-order valence-corrected chi connectivity index (χ0v) is 8.01. The second kappa shape index (κ2) is 2.71. The van der Waals surface area contributed by atoms with Crippen LogP contribution in [0.15, 0.2) is 0 Å². The molecule has 1 spiro atoms. The Balaban J connectivity index is 2.14. The number of rotatable bonds is 0. The normalized spacial score (nSPS) is 37.8. The van der Waals surface area contributed by atoms with Crippen molar-refractivity contribution < 1.29 is 14.6 Å². The third-order valence-corrected chi connectivity index (χ3v) is 3.18. The molecule has 3 nitrogen and oxygen atoms in total. The predicted octanol–water partition coefficient (Wildman–Crippen LogP) is 1.39. The van der Waals surface area contributed by atoms with Gasteiger partial charge in [-0.25, -0.2) is 4.79 Å². The van der Waals surface area contributed by atoms with E-state index in [0.717, 1.165) is 25.7 Å². The molecule has 2 aliphatic rings. The van der Waals surface area contributed by atoms with Gasteiger partial charge in [0, 0.05) is 6.42 Å². The number of carbonyl (C=O) groups excluding carboxylic acids is 1. The van der Waals surface area contributed by atoms with Crippen LogP contribution < -0.4 is 0 Å². The molecule has 1 atom stereocenters. The molecule has 0 bridgehead atoms. The van der Waals surface area contributed by atoms with Crippen LogP contribution in [0.5, 0.6) is 0 Å². The lowest BCUT2D eigenvalue weighted by atomic mass is 9.80. The highest BCUT2D eigenvalue weighted by atomic mass is 16.6. The van der Waals surface area contributed by atoms with Gasteiger partial charge < -0.3 is 9.84 Å². The average Bonchev–Trinajstić information content (AvgIpc) is 2.23. The van der Waals surface area contributed by atoms with Crippen molar-refractivity contribution in [1.82, 2.24) is 0 Å². The van der Waals surface area contributed by atoms with E-state index in [1.165, 1.54) is 6.42 Å². The van der Waals surface area contributed by atoms with Crippen LogP contribution in [0.4, 0.5) is 0 Å². The Morgan fingerprint density at radius 2 is 1.92 bits per heavy atom. The molecular formula is C10H16O3. The highest BCUT2D eigenvalue weighted by Gasteiger charge is 2.53. The minimum absolute atomic E-state index is 0.321. The Labute approximate surface area is 78.1 Å². The van der Waals surface area contributed by atoms with Crippen molar-refractivity contribution in [2.24, 2.45) is 0 Å². The summed E-state index contributed by atoms with van der Waals surface area (Å²) in [4.78, 5) is 11.3. The fraction of sp³-hybridized carbons (Fsp3) is 0.900. The molecule has 1 saturated heterocycles. The van der Waals surface area contributed by atoms with Crippen LogP contribution in [0.3, 0.4) is 0 Å². The molecule has 3 heteroatoms. The van der Waals surface area contributed by atoms with Crippen LogP contribution in [-0.4, -0.2) is 22.3 Å². The van der Waals surface area contributed by atoms with Gasteiger partial charge in [-0.15, -0.1) is 0 Å². The smallest absolute Gasteiger partial charge is 0.338 e. The van der Waals surface area contributed by atoms with Crippen LogP contribution in [0.2, 0.25) is 0 Å². The lowest BCUT2D eigenvalue weighted by Gasteiger charge is -2.31. The van der Waals surface area contributed by atoms with Crippen LogP contribution in [0.1, 0.15) is 45.4 Å². The zero-order chi connectivity index (χ0) is 9.53. The first kappa shape index (κ1) is 9.00. The van der Waals surface area contributed by atoms with Crippen LogP contribution in [0, 0.1) is 0 Å². The number of esters is 1. The summed E-state index contributed by atoms with van der Waals surface area (Å²) in [5.41, 5.74) is -1.56. The second-order valence-electron chi connectivity index (χ2n) is 4.58. The molecule has 1 N–H and O–H groups in total. The van der Waals surface area contributed by atoms with Crippen molar-refractivity contribution in [1.29, 1.82) is 0 Å². The van der Waals surface area contributed by atoms with Gasteiger partial charge in [0.1, 0.15) is 5.60 Å². The Morgan fingerprint density at radius 3 is 2.38 bits per heavy atom. The number of carbonyl (C=O) groups is 1.